The van der Waals surface area contributed by atoms with Gasteiger partial charge in [0.1, 0.15) is 17.5 Å². The topological polar surface area (TPSA) is 77.7 Å². The van der Waals surface area contributed by atoms with E-state index in [-0.39, 0.29) is 11.9 Å². The van der Waals surface area contributed by atoms with Crippen LogP contribution in [0.3, 0.4) is 0 Å². The van der Waals surface area contributed by atoms with Gasteiger partial charge < -0.3 is 18.9 Å². The summed E-state index contributed by atoms with van der Waals surface area (Å²) in [5, 5.41) is 4.12. The maximum Gasteiger partial charge on any atom is 0.254 e. The molecule has 0 saturated carbocycles. The van der Waals surface area contributed by atoms with E-state index in [1.54, 1.807) is 38.5 Å². The molecule has 7 heteroatoms. The number of hydrogen-bond donors (Lipinski definition) is 0. The fraction of sp³-hybridized carbons (Fsp3) is 0.318. The Morgan fingerprint density at radius 1 is 1.00 bits per heavy atom. The van der Waals surface area contributed by atoms with Crippen molar-refractivity contribution >= 4 is 5.91 Å². The number of carbonyl (C=O) groups excluding carboxylic acids is 1. The number of amides is 1. The van der Waals surface area contributed by atoms with Crippen molar-refractivity contribution in [3.05, 3.63) is 60.0 Å². The summed E-state index contributed by atoms with van der Waals surface area (Å²) < 4.78 is 15.9. The Morgan fingerprint density at radius 2 is 1.66 bits per heavy atom. The molecule has 1 amide bonds. The first-order valence-electron chi connectivity index (χ1n) is 9.62. The molecule has 0 N–H and O–H groups in total. The third-order valence-corrected chi connectivity index (χ3v) is 5.18. The van der Waals surface area contributed by atoms with Gasteiger partial charge in [0.05, 0.1) is 14.2 Å². The van der Waals surface area contributed by atoms with Crippen LogP contribution >= 0.6 is 0 Å². The van der Waals surface area contributed by atoms with Gasteiger partial charge >= 0.3 is 0 Å². The molecule has 1 aliphatic heterocycles. The van der Waals surface area contributed by atoms with Gasteiger partial charge in [-0.15, -0.1) is 0 Å². The molecule has 0 spiro atoms. The summed E-state index contributed by atoms with van der Waals surface area (Å²) in [4.78, 5) is 19.5. The number of piperidine rings is 1. The average molecular weight is 393 g/mol. The monoisotopic (exact) mass is 393 g/mol. The third-order valence-electron chi connectivity index (χ3n) is 5.18. The Morgan fingerprint density at radius 3 is 2.31 bits per heavy atom. The summed E-state index contributed by atoms with van der Waals surface area (Å²) in [5.74, 6) is 2.42. The number of hydrogen-bond acceptors (Lipinski definition) is 6. The first-order chi connectivity index (χ1) is 14.2. The van der Waals surface area contributed by atoms with Crippen LogP contribution in [0.2, 0.25) is 0 Å². The van der Waals surface area contributed by atoms with E-state index in [0.717, 1.165) is 36.3 Å². The van der Waals surface area contributed by atoms with Crippen molar-refractivity contribution in [3.8, 4) is 22.9 Å². The van der Waals surface area contributed by atoms with Crippen LogP contribution in [0.1, 0.15) is 41.6 Å². The molecule has 1 fully saturated rings. The maximum absolute atomic E-state index is 13.1. The molecular weight excluding hydrogens is 370 g/mol. The first-order valence-corrected chi connectivity index (χ1v) is 9.62. The molecule has 0 radical (unpaired) electrons. The van der Waals surface area contributed by atoms with Crippen LogP contribution in [0.15, 0.2) is 53.1 Å². The second-order valence-corrected chi connectivity index (χ2v) is 6.92. The molecule has 150 valence electrons. The van der Waals surface area contributed by atoms with Crippen LogP contribution < -0.4 is 9.47 Å². The van der Waals surface area contributed by atoms with Gasteiger partial charge in [0, 0.05) is 17.7 Å². The summed E-state index contributed by atoms with van der Waals surface area (Å²) in [6.45, 7) is 0.662. The van der Waals surface area contributed by atoms with E-state index < -0.39 is 0 Å². The van der Waals surface area contributed by atoms with Gasteiger partial charge in [-0.2, -0.15) is 4.98 Å². The molecule has 7 nitrogen and oxygen atoms in total. The Labute approximate surface area is 169 Å². The van der Waals surface area contributed by atoms with Crippen LogP contribution in [-0.2, 0) is 0 Å². The highest BCUT2D eigenvalue weighted by molar-refractivity contribution is 5.94. The smallest absolute Gasteiger partial charge is 0.254 e. The molecule has 29 heavy (non-hydrogen) atoms. The highest BCUT2D eigenvalue weighted by Gasteiger charge is 2.32. The van der Waals surface area contributed by atoms with Crippen molar-refractivity contribution in [1.29, 1.82) is 0 Å². The van der Waals surface area contributed by atoms with E-state index in [1.165, 1.54) is 0 Å². The van der Waals surface area contributed by atoms with E-state index in [1.807, 2.05) is 29.2 Å². The fourth-order valence-corrected chi connectivity index (χ4v) is 3.56. The molecule has 2 heterocycles. The van der Waals surface area contributed by atoms with Gasteiger partial charge in [0.2, 0.25) is 11.7 Å². The molecule has 1 unspecified atom stereocenters. The van der Waals surface area contributed by atoms with Crippen molar-refractivity contribution in [3.63, 3.8) is 0 Å². The van der Waals surface area contributed by atoms with Gasteiger partial charge in [0.25, 0.3) is 5.91 Å². The molecular formula is C22H23N3O4. The van der Waals surface area contributed by atoms with E-state index >= 15 is 0 Å². The summed E-state index contributed by atoms with van der Waals surface area (Å²) in [6.07, 6.45) is 2.77. The maximum atomic E-state index is 13.1. The molecule has 3 aromatic rings. The minimum absolute atomic E-state index is 0.0402. The number of aromatic nitrogens is 2. The highest BCUT2D eigenvalue weighted by Crippen LogP contribution is 2.32. The number of rotatable bonds is 5. The van der Waals surface area contributed by atoms with E-state index in [4.69, 9.17) is 14.0 Å². The standard InChI is InChI=1S/C22H23N3O4/c1-27-17-10-6-15(7-11-17)20-23-21(29-24-20)19-5-3-4-14-25(19)22(26)16-8-12-18(28-2)13-9-16/h6-13,19H,3-5,14H2,1-2H3. The van der Waals surface area contributed by atoms with Gasteiger partial charge in [-0.05, 0) is 67.8 Å². The highest BCUT2D eigenvalue weighted by atomic mass is 16.5. The number of nitrogens with zero attached hydrogens (tertiary/aromatic N) is 3. The predicted octanol–water partition coefficient (Wildman–Crippen LogP) is 4.12. The largest absolute Gasteiger partial charge is 0.497 e. The quantitative estimate of drug-likeness (QED) is 0.649. The Kier molecular flexibility index (Phi) is 5.46. The molecule has 1 aromatic heterocycles. The van der Waals surface area contributed by atoms with Crippen molar-refractivity contribution in [2.45, 2.75) is 25.3 Å². The lowest BCUT2D eigenvalue weighted by Crippen LogP contribution is -2.38. The molecule has 2 aromatic carbocycles. The minimum atomic E-state index is -0.224. The number of likely N-dealkylation sites (tertiary alicyclic amines) is 1. The second kappa shape index (κ2) is 8.34. The van der Waals surface area contributed by atoms with E-state index in [0.29, 0.717) is 23.8 Å². The zero-order chi connectivity index (χ0) is 20.2. The van der Waals surface area contributed by atoms with E-state index in [9.17, 15) is 4.79 Å². The van der Waals surface area contributed by atoms with Gasteiger partial charge in [-0.1, -0.05) is 5.16 Å². The molecule has 1 aliphatic rings. The second-order valence-electron chi connectivity index (χ2n) is 6.92. The lowest BCUT2D eigenvalue weighted by atomic mass is 10.0. The van der Waals surface area contributed by atoms with Crippen molar-refractivity contribution in [2.75, 3.05) is 20.8 Å². The number of methoxy groups -OCH3 is 2. The molecule has 0 bridgehead atoms. The van der Waals surface area contributed by atoms with E-state index in [2.05, 4.69) is 10.1 Å². The van der Waals surface area contributed by atoms with Crippen LogP contribution in [0, 0.1) is 0 Å². The van der Waals surface area contributed by atoms with Crippen LogP contribution in [0.5, 0.6) is 11.5 Å². The summed E-state index contributed by atoms with van der Waals surface area (Å²) in [6, 6.07) is 14.4. The summed E-state index contributed by atoms with van der Waals surface area (Å²) >= 11 is 0. The van der Waals surface area contributed by atoms with Crippen LogP contribution in [0.25, 0.3) is 11.4 Å². The van der Waals surface area contributed by atoms with Gasteiger partial charge in [-0.3, -0.25) is 4.79 Å². The van der Waals surface area contributed by atoms with Crippen LogP contribution in [0.4, 0.5) is 0 Å². The molecule has 4 rings (SSSR count). The lowest BCUT2D eigenvalue weighted by Gasteiger charge is -2.33. The molecule has 1 saturated heterocycles. The molecule has 0 aliphatic carbocycles. The number of ether oxygens (including phenoxy) is 2. The van der Waals surface area contributed by atoms with Crippen molar-refractivity contribution < 1.29 is 18.8 Å². The molecule has 1 atom stereocenters. The fourth-order valence-electron chi connectivity index (χ4n) is 3.56. The zero-order valence-electron chi connectivity index (χ0n) is 16.5. The Balaban J connectivity index is 1.57. The normalized spacial score (nSPS) is 16.5. The number of carbonyl (C=O) groups is 1. The zero-order valence-corrected chi connectivity index (χ0v) is 16.5. The van der Waals surface area contributed by atoms with Crippen molar-refractivity contribution in [1.82, 2.24) is 15.0 Å². The predicted molar refractivity (Wildman–Crippen MR) is 107 cm³/mol. The SMILES string of the molecule is COc1ccc(C(=O)N2CCCCC2c2nc(-c3ccc(OC)cc3)no2)cc1. The Hall–Kier alpha value is -3.35. The third kappa shape index (κ3) is 3.94. The Bertz CT molecular complexity index is 966. The first kappa shape index (κ1) is 19.0. The summed E-state index contributed by atoms with van der Waals surface area (Å²) in [7, 11) is 3.23. The average Bonchev–Trinajstić information content (AvgIpc) is 3.29. The lowest BCUT2D eigenvalue weighted by molar-refractivity contribution is 0.0561. The number of benzene rings is 2. The van der Waals surface area contributed by atoms with Crippen molar-refractivity contribution in [2.24, 2.45) is 0 Å². The van der Waals surface area contributed by atoms with Crippen LogP contribution in [-0.4, -0.2) is 41.7 Å². The van der Waals surface area contributed by atoms with Gasteiger partial charge in [0.15, 0.2) is 0 Å². The minimum Gasteiger partial charge on any atom is -0.497 e. The summed E-state index contributed by atoms with van der Waals surface area (Å²) in [5.41, 5.74) is 1.46. The van der Waals surface area contributed by atoms with Gasteiger partial charge in [-0.25, -0.2) is 0 Å².